The number of pyridine rings is 1. The minimum Gasteiger partial charge on any atom is -0.507 e. The Labute approximate surface area is 105 Å². The van der Waals surface area contributed by atoms with Crippen LogP contribution in [0.5, 0.6) is 5.75 Å². The number of benzene rings is 1. The predicted octanol–water partition coefficient (Wildman–Crippen LogP) is 3.17. The first-order chi connectivity index (χ1) is 8.08. The van der Waals surface area contributed by atoms with E-state index >= 15 is 0 Å². The zero-order valence-corrected chi connectivity index (χ0v) is 10.4. The van der Waals surface area contributed by atoms with E-state index in [1.54, 1.807) is 24.4 Å². The Kier molecular flexibility index (Phi) is 3.20. The molecule has 0 atom stereocenters. The third-order valence-corrected chi connectivity index (χ3v) is 2.71. The molecule has 0 unspecified atom stereocenters. The fraction of sp³-hybridized carbons (Fsp3) is 0.154. The third-order valence-electron chi connectivity index (χ3n) is 2.47. The number of phenolic OH excluding ortho intramolecular Hbond substituents is 1. The highest BCUT2D eigenvalue weighted by Gasteiger charge is 2.07. The molecule has 1 aromatic heterocycles. The highest BCUT2D eigenvalue weighted by Crippen LogP contribution is 2.32. The molecule has 0 bridgehead atoms. The average molecular weight is 249 g/mol. The lowest BCUT2D eigenvalue weighted by molar-refractivity contribution is 0.477. The second kappa shape index (κ2) is 4.63. The Morgan fingerprint density at radius 3 is 2.65 bits per heavy atom. The van der Waals surface area contributed by atoms with E-state index in [1.165, 1.54) is 0 Å². The van der Waals surface area contributed by atoms with Crippen molar-refractivity contribution in [3.8, 4) is 16.9 Å². The molecule has 0 aliphatic rings. The van der Waals surface area contributed by atoms with Gasteiger partial charge in [0.1, 0.15) is 11.6 Å². The molecule has 1 N–H and O–H groups in total. The Morgan fingerprint density at radius 2 is 1.94 bits per heavy atom. The standard InChI is InChI=1S/C13H13ClN2O/c1-16(2)13-7-9(5-6-15-13)11-8-10(14)3-4-12(11)17/h3-8,17H,1-2H3. The summed E-state index contributed by atoms with van der Waals surface area (Å²) < 4.78 is 0. The van der Waals surface area contributed by atoms with Crippen LogP contribution in [-0.4, -0.2) is 24.2 Å². The lowest BCUT2D eigenvalue weighted by Crippen LogP contribution is -2.10. The number of aromatic hydroxyl groups is 1. The molecule has 0 aliphatic heterocycles. The molecule has 0 saturated carbocycles. The van der Waals surface area contributed by atoms with E-state index in [9.17, 15) is 5.11 Å². The molecule has 1 aromatic carbocycles. The second-order valence-corrected chi connectivity index (χ2v) is 4.40. The number of hydrogen-bond acceptors (Lipinski definition) is 3. The topological polar surface area (TPSA) is 36.4 Å². The van der Waals surface area contributed by atoms with E-state index in [0.717, 1.165) is 11.4 Å². The van der Waals surface area contributed by atoms with Gasteiger partial charge in [-0.25, -0.2) is 4.98 Å². The lowest BCUT2D eigenvalue weighted by Gasteiger charge is -2.12. The van der Waals surface area contributed by atoms with Gasteiger partial charge in [-0.2, -0.15) is 0 Å². The van der Waals surface area contributed by atoms with Crippen LogP contribution in [0.4, 0.5) is 5.82 Å². The summed E-state index contributed by atoms with van der Waals surface area (Å²) in [7, 11) is 3.84. The van der Waals surface area contributed by atoms with Gasteiger partial charge in [-0.3, -0.25) is 0 Å². The van der Waals surface area contributed by atoms with Gasteiger partial charge < -0.3 is 10.0 Å². The molecule has 0 saturated heterocycles. The van der Waals surface area contributed by atoms with Crippen molar-refractivity contribution in [1.29, 1.82) is 0 Å². The van der Waals surface area contributed by atoms with Crippen molar-refractivity contribution in [1.82, 2.24) is 4.98 Å². The molecule has 4 heteroatoms. The molecule has 0 fully saturated rings. The normalized spacial score (nSPS) is 10.3. The van der Waals surface area contributed by atoms with Gasteiger partial charge in [-0.1, -0.05) is 11.6 Å². The molecule has 0 radical (unpaired) electrons. The first kappa shape index (κ1) is 11.7. The monoisotopic (exact) mass is 248 g/mol. The number of phenols is 1. The first-order valence-electron chi connectivity index (χ1n) is 5.20. The minimum atomic E-state index is 0.213. The molecule has 88 valence electrons. The number of hydrogen-bond donors (Lipinski definition) is 1. The van der Waals surface area contributed by atoms with Gasteiger partial charge >= 0.3 is 0 Å². The third kappa shape index (κ3) is 2.50. The van der Waals surface area contributed by atoms with Crippen molar-refractivity contribution in [3.63, 3.8) is 0 Å². The Bertz CT molecular complexity index is 541. The maximum Gasteiger partial charge on any atom is 0.128 e. The molecule has 0 amide bonds. The van der Waals surface area contributed by atoms with Crippen LogP contribution in [0.15, 0.2) is 36.5 Å². The highest BCUT2D eigenvalue weighted by atomic mass is 35.5. The van der Waals surface area contributed by atoms with Gasteiger partial charge in [0.05, 0.1) is 0 Å². The smallest absolute Gasteiger partial charge is 0.128 e. The average Bonchev–Trinajstić information content (AvgIpc) is 2.32. The van der Waals surface area contributed by atoms with E-state index in [1.807, 2.05) is 31.1 Å². The highest BCUT2D eigenvalue weighted by molar-refractivity contribution is 6.31. The Morgan fingerprint density at radius 1 is 1.18 bits per heavy atom. The van der Waals surface area contributed by atoms with Gasteiger partial charge in [0.15, 0.2) is 0 Å². The lowest BCUT2D eigenvalue weighted by atomic mass is 10.1. The number of rotatable bonds is 2. The van der Waals surface area contributed by atoms with E-state index in [-0.39, 0.29) is 5.75 Å². The van der Waals surface area contributed by atoms with Crippen LogP contribution in [0.2, 0.25) is 5.02 Å². The van der Waals surface area contributed by atoms with Crippen molar-refractivity contribution >= 4 is 17.4 Å². The first-order valence-corrected chi connectivity index (χ1v) is 5.58. The molecule has 0 aliphatic carbocycles. The number of halogens is 1. The SMILES string of the molecule is CN(C)c1cc(-c2cc(Cl)ccc2O)ccn1. The quantitative estimate of drug-likeness (QED) is 0.887. The van der Waals surface area contributed by atoms with Crippen molar-refractivity contribution in [3.05, 3.63) is 41.6 Å². The summed E-state index contributed by atoms with van der Waals surface area (Å²) in [5, 5.41) is 10.4. The van der Waals surface area contributed by atoms with Gasteiger partial charge in [0.2, 0.25) is 0 Å². The zero-order chi connectivity index (χ0) is 12.4. The van der Waals surface area contributed by atoms with Crippen LogP contribution >= 0.6 is 11.6 Å². The molecule has 0 spiro atoms. The van der Waals surface area contributed by atoms with E-state index < -0.39 is 0 Å². The predicted molar refractivity (Wildman–Crippen MR) is 70.7 cm³/mol. The molecular weight excluding hydrogens is 236 g/mol. The maximum atomic E-state index is 9.83. The zero-order valence-electron chi connectivity index (χ0n) is 9.68. The van der Waals surface area contributed by atoms with E-state index in [4.69, 9.17) is 11.6 Å². The van der Waals surface area contributed by atoms with Crippen molar-refractivity contribution in [2.45, 2.75) is 0 Å². The van der Waals surface area contributed by atoms with E-state index in [0.29, 0.717) is 10.6 Å². The Balaban J connectivity index is 2.52. The molecule has 17 heavy (non-hydrogen) atoms. The summed E-state index contributed by atoms with van der Waals surface area (Å²) in [6, 6.07) is 8.75. The number of anilines is 1. The summed E-state index contributed by atoms with van der Waals surface area (Å²) in [5.41, 5.74) is 1.60. The van der Waals surface area contributed by atoms with Crippen LogP contribution in [0.3, 0.4) is 0 Å². The summed E-state index contributed by atoms with van der Waals surface area (Å²) in [5.74, 6) is 1.05. The fourth-order valence-electron chi connectivity index (χ4n) is 1.57. The summed E-state index contributed by atoms with van der Waals surface area (Å²) in [6.07, 6.45) is 1.71. The minimum absolute atomic E-state index is 0.213. The largest absolute Gasteiger partial charge is 0.507 e. The van der Waals surface area contributed by atoms with Crippen LogP contribution in [0, 0.1) is 0 Å². The molecule has 2 rings (SSSR count). The summed E-state index contributed by atoms with van der Waals surface area (Å²) in [4.78, 5) is 6.14. The van der Waals surface area contributed by atoms with Crippen molar-refractivity contribution in [2.75, 3.05) is 19.0 Å². The van der Waals surface area contributed by atoms with Crippen LogP contribution in [0.25, 0.3) is 11.1 Å². The Hall–Kier alpha value is -1.74. The van der Waals surface area contributed by atoms with Gasteiger partial charge in [0.25, 0.3) is 0 Å². The van der Waals surface area contributed by atoms with Gasteiger partial charge in [-0.15, -0.1) is 0 Å². The second-order valence-electron chi connectivity index (χ2n) is 3.96. The fourth-order valence-corrected chi connectivity index (χ4v) is 1.74. The van der Waals surface area contributed by atoms with E-state index in [2.05, 4.69) is 4.98 Å². The molecule has 2 aromatic rings. The number of nitrogens with zero attached hydrogens (tertiary/aromatic N) is 2. The number of aromatic nitrogens is 1. The molecule has 1 heterocycles. The van der Waals surface area contributed by atoms with Crippen LogP contribution < -0.4 is 4.90 Å². The summed E-state index contributed by atoms with van der Waals surface area (Å²) >= 11 is 5.93. The van der Waals surface area contributed by atoms with Gasteiger partial charge in [0, 0.05) is 30.9 Å². The van der Waals surface area contributed by atoms with Crippen molar-refractivity contribution < 1.29 is 5.11 Å². The molecular formula is C13H13ClN2O. The van der Waals surface area contributed by atoms with Crippen LogP contribution in [0.1, 0.15) is 0 Å². The summed E-state index contributed by atoms with van der Waals surface area (Å²) in [6.45, 7) is 0. The van der Waals surface area contributed by atoms with Crippen LogP contribution in [-0.2, 0) is 0 Å². The van der Waals surface area contributed by atoms with Gasteiger partial charge in [-0.05, 0) is 35.9 Å². The van der Waals surface area contributed by atoms with Crippen molar-refractivity contribution in [2.24, 2.45) is 0 Å². The maximum absolute atomic E-state index is 9.83. The molecule has 3 nitrogen and oxygen atoms in total.